The van der Waals surface area contributed by atoms with Gasteiger partial charge in [0.15, 0.2) is 0 Å². The number of hydrogen-bond acceptors (Lipinski definition) is 3. The SMILES string of the molecule is O=C(O)CC1(Oc2ccc(Br)c(F)c2)CNC1. The summed E-state index contributed by atoms with van der Waals surface area (Å²) in [7, 11) is 0. The number of carboxylic acid groups (broad SMARTS) is 1. The van der Waals surface area contributed by atoms with E-state index in [1.165, 1.54) is 12.1 Å². The summed E-state index contributed by atoms with van der Waals surface area (Å²) in [5.41, 5.74) is -0.758. The molecular weight excluding hydrogens is 293 g/mol. The molecule has 0 spiro atoms. The fourth-order valence-corrected chi connectivity index (χ4v) is 1.95. The molecule has 2 rings (SSSR count). The van der Waals surface area contributed by atoms with Crippen LogP contribution >= 0.6 is 15.9 Å². The van der Waals surface area contributed by atoms with E-state index < -0.39 is 17.4 Å². The first kappa shape index (κ1) is 12.3. The van der Waals surface area contributed by atoms with Gasteiger partial charge >= 0.3 is 5.97 Å². The molecule has 0 amide bonds. The Balaban J connectivity index is 2.13. The summed E-state index contributed by atoms with van der Waals surface area (Å²) in [5.74, 6) is -1.02. The summed E-state index contributed by atoms with van der Waals surface area (Å²) < 4.78 is 19.2. The second-order valence-electron chi connectivity index (χ2n) is 4.04. The minimum Gasteiger partial charge on any atom is -0.484 e. The number of carbonyl (C=O) groups is 1. The highest BCUT2D eigenvalue weighted by molar-refractivity contribution is 9.10. The van der Waals surface area contributed by atoms with Crippen LogP contribution in [0.2, 0.25) is 0 Å². The molecule has 92 valence electrons. The molecule has 4 nitrogen and oxygen atoms in total. The van der Waals surface area contributed by atoms with Gasteiger partial charge in [0.2, 0.25) is 0 Å². The predicted octanol–water partition coefficient (Wildman–Crippen LogP) is 1.78. The summed E-state index contributed by atoms with van der Waals surface area (Å²) in [6.45, 7) is 0.911. The zero-order valence-corrected chi connectivity index (χ0v) is 10.5. The molecule has 1 aromatic rings. The van der Waals surface area contributed by atoms with Crippen LogP contribution in [0.3, 0.4) is 0 Å². The average Bonchev–Trinajstić information content (AvgIpc) is 2.19. The zero-order chi connectivity index (χ0) is 12.5. The van der Waals surface area contributed by atoms with Gasteiger partial charge in [-0.05, 0) is 28.1 Å². The quantitative estimate of drug-likeness (QED) is 0.890. The third-order valence-electron chi connectivity index (χ3n) is 2.59. The molecule has 0 saturated carbocycles. The van der Waals surface area contributed by atoms with E-state index in [9.17, 15) is 9.18 Å². The average molecular weight is 304 g/mol. The Labute approximate surface area is 106 Å². The van der Waals surface area contributed by atoms with E-state index in [2.05, 4.69) is 21.2 Å². The number of hydrogen-bond donors (Lipinski definition) is 2. The first-order chi connectivity index (χ1) is 8.01. The van der Waals surface area contributed by atoms with Crippen molar-refractivity contribution in [2.45, 2.75) is 12.0 Å². The standard InChI is InChI=1S/C11H11BrFNO3/c12-8-2-1-7(3-9(8)13)17-11(4-10(15)16)5-14-6-11/h1-3,14H,4-6H2,(H,15,16). The Kier molecular flexibility index (Phi) is 3.35. The summed E-state index contributed by atoms with van der Waals surface area (Å²) in [4.78, 5) is 10.7. The van der Waals surface area contributed by atoms with Crippen molar-refractivity contribution in [3.05, 3.63) is 28.5 Å². The molecule has 1 heterocycles. The summed E-state index contributed by atoms with van der Waals surface area (Å²) in [5, 5.41) is 11.8. The maximum Gasteiger partial charge on any atom is 0.307 e. The number of carboxylic acids is 1. The van der Waals surface area contributed by atoms with Gasteiger partial charge in [-0.1, -0.05) is 0 Å². The Morgan fingerprint density at radius 2 is 2.29 bits per heavy atom. The van der Waals surface area contributed by atoms with Crippen LogP contribution in [0, 0.1) is 5.82 Å². The number of rotatable bonds is 4. The molecule has 0 atom stereocenters. The van der Waals surface area contributed by atoms with Crippen LogP contribution in [0.4, 0.5) is 4.39 Å². The lowest BCUT2D eigenvalue weighted by Gasteiger charge is -2.41. The lowest BCUT2D eigenvalue weighted by Crippen LogP contribution is -2.64. The number of ether oxygens (including phenoxy) is 1. The molecule has 17 heavy (non-hydrogen) atoms. The maximum atomic E-state index is 13.3. The number of aliphatic carboxylic acids is 1. The smallest absolute Gasteiger partial charge is 0.307 e. The molecule has 2 N–H and O–H groups in total. The summed E-state index contributed by atoms with van der Waals surface area (Å²) in [6.07, 6.45) is -0.0995. The molecule has 0 unspecified atom stereocenters. The van der Waals surface area contributed by atoms with E-state index in [1.807, 2.05) is 0 Å². The number of halogens is 2. The molecule has 1 aromatic carbocycles. The van der Waals surface area contributed by atoms with Crippen molar-refractivity contribution in [1.82, 2.24) is 5.32 Å². The van der Waals surface area contributed by atoms with Crippen LogP contribution in [0.25, 0.3) is 0 Å². The zero-order valence-electron chi connectivity index (χ0n) is 8.87. The highest BCUT2D eigenvalue weighted by Gasteiger charge is 2.41. The third-order valence-corrected chi connectivity index (χ3v) is 3.24. The van der Waals surface area contributed by atoms with Gasteiger partial charge in [0.25, 0.3) is 0 Å². The Bertz CT molecular complexity index is 448. The molecule has 0 aromatic heterocycles. The molecule has 0 radical (unpaired) electrons. The van der Waals surface area contributed by atoms with Crippen LogP contribution < -0.4 is 10.1 Å². The highest BCUT2D eigenvalue weighted by Crippen LogP contribution is 2.28. The fourth-order valence-electron chi connectivity index (χ4n) is 1.70. The van der Waals surface area contributed by atoms with Crippen molar-refractivity contribution in [2.75, 3.05) is 13.1 Å². The molecule has 1 aliphatic heterocycles. The van der Waals surface area contributed by atoms with Crippen molar-refractivity contribution in [3.8, 4) is 5.75 Å². The van der Waals surface area contributed by atoms with E-state index in [1.54, 1.807) is 6.07 Å². The van der Waals surface area contributed by atoms with Crippen molar-refractivity contribution in [1.29, 1.82) is 0 Å². The normalized spacial score (nSPS) is 17.3. The van der Waals surface area contributed by atoms with Crippen LogP contribution in [0.5, 0.6) is 5.75 Å². The molecule has 1 fully saturated rings. The predicted molar refractivity (Wildman–Crippen MR) is 62.6 cm³/mol. The van der Waals surface area contributed by atoms with Gasteiger partial charge in [0, 0.05) is 19.2 Å². The fraction of sp³-hybridized carbons (Fsp3) is 0.364. The van der Waals surface area contributed by atoms with Gasteiger partial charge in [-0.15, -0.1) is 0 Å². The minimum atomic E-state index is -0.927. The van der Waals surface area contributed by atoms with Gasteiger partial charge in [-0.2, -0.15) is 0 Å². The topological polar surface area (TPSA) is 58.6 Å². The maximum absolute atomic E-state index is 13.3. The molecular formula is C11H11BrFNO3. The summed E-state index contributed by atoms with van der Waals surface area (Å²) in [6, 6.07) is 4.38. The lowest BCUT2D eigenvalue weighted by atomic mass is 9.92. The van der Waals surface area contributed by atoms with Crippen LogP contribution in [0.1, 0.15) is 6.42 Å². The first-order valence-corrected chi connectivity index (χ1v) is 5.87. The van der Waals surface area contributed by atoms with Gasteiger partial charge in [-0.3, -0.25) is 4.79 Å². The first-order valence-electron chi connectivity index (χ1n) is 5.07. The van der Waals surface area contributed by atoms with Gasteiger partial charge in [0.05, 0.1) is 10.9 Å². The minimum absolute atomic E-state index is 0.0995. The van der Waals surface area contributed by atoms with E-state index >= 15 is 0 Å². The van der Waals surface area contributed by atoms with Crippen molar-refractivity contribution < 1.29 is 19.0 Å². The number of benzene rings is 1. The largest absolute Gasteiger partial charge is 0.484 e. The van der Waals surface area contributed by atoms with Crippen LogP contribution in [0.15, 0.2) is 22.7 Å². The molecule has 0 aliphatic carbocycles. The Morgan fingerprint density at radius 1 is 1.59 bits per heavy atom. The van der Waals surface area contributed by atoms with Gasteiger partial charge in [-0.25, -0.2) is 4.39 Å². The van der Waals surface area contributed by atoms with E-state index in [0.717, 1.165) is 0 Å². The second-order valence-corrected chi connectivity index (χ2v) is 4.89. The molecule has 0 bridgehead atoms. The lowest BCUT2D eigenvalue weighted by molar-refractivity contribution is -0.143. The second kappa shape index (κ2) is 4.62. The molecule has 1 saturated heterocycles. The van der Waals surface area contributed by atoms with Crippen molar-refractivity contribution in [2.24, 2.45) is 0 Å². The Morgan fingerprint density at radius 3 is 2.76 bits per heavy atom. The summed E-state index contributed by atoms with van der Waals surface area (Å²) >= 11 is 3.04. The van der Waals surface area contributed by atoms with Crippen LogP contribution in [-0.2, 0) is 4.79 Å². The van der Waals surface area contributed by atoms with E-state index in [-0.39, 0.29) is 6.42 Å². The van der Waals surface area contributed by atoms with Crippen molar-refractivity contribution >= 4 is 21.9 Å². The number of nitrogens with one attached hydrogen (secondary N) is 1. The molecule has 1 aliphatic rings. The van der Waals surface area contributed by atoms with E-state index in [0.29, 0.717) is 23.3 Å². The van der Waals surface area contributed by atoms with Gasteiger partial charge in [0.1, 0.15) is 17.2 Å². The van der Waals surface area contributed by atoms with Crippen molar-refractivity contribution in [3.63, 3.8) is 0 Å². The third kappa shape index (κ3) is 2.76. The highest BCUT2D eigenvalue weighted by atomic mass is 79.9. The monoisotopic (exact) mass is 303 g/mol. The Hall–Kier alpha value is -1.14. The van der Waals surface area contributed by atoms with E-state index in [4.69, 9.17) is 9.84 Å². The van der Waals surface area contributed by atoms with Crippen LogP contribution in [-0.4, -0.2) is 29.8 Å². The molecule has 6 heteroatoms. The van der Waals surface area contributed by atoms with Gasteiger partial charge < -0.3 is 15.2 Å².